The molecule has 0 atom stereocenters. The minimum absolute atomic E-state index is 0.0921. The molecule has 10 heteroatoms. The number of ether oxygens (including phenoxy) is 1. The topological polar surface area (TPSA) is 102 Å². The fraction of sp³-hybridized carbons (Fsp3) is 0.667. The number of hydrogen-bond acceptors (Lipinski definition) is 8. The molecule has 0 spiro atoms. The van der Waals surface area contributed by atoms with Gasteiger partial charge in [0.2, 0.25) is 5.91 Å². The normalized spacial score (nSPS) is 14.1. The molecule has 2 aromatic rings. The van der Waals surface area contributed by atoms with E-state index in [-0.39, 0.29) is 24.7 Å². The van der Waals surface area contributed by atoms with Gasteiger partial charge in [0.1, 0.15) is 5.82 Å². The molecule has 1 aliphatic rings. The van der Waals surface area contributed by atoms with Crippen LogP contribution in [0.25, 0.3) is 11.0 Å². The smallest absolute Gasteiger partial charge is 0.306 e. The summed E-state index contributed by atoms with van der Waals surface area (Å²) >= 11 is 1.66. The lowest BCUT2D eigenvalue weighted by atomic mass is 10.1. The Bertz CT molecular complexity index is 881. The van der Waals surface area contributed by atoms with Gasteiger partial charge in [-0.15, -0.1) is 0 Å². The monoisotopic (exact) mass is 448 g/mol. The van der Waals surface area contributed by atoms with E-state index in [0.717, 1.165) is 47.3 Å². The second-order valence-electron chi connectivity index (χ2n) is 7.49. The van der Waals surface area contributed by atoms with Crippen LogP contribution in [0.5, 0.6) is 0 Å². The zero-order valence-corrected chi connectivity index (χ0v) is 19.2. The van der Waals surface area contributed by atoms with Gasteiger partial charge in [0.15, 0.2) is 10.8 Å². The highest BCUT2D eigenvalue weighted by atomic mass is 32.2. The van der Waals surface area contributed by atoms with Crippen LogP contribution in [0, 0.1) is 0 Å². The number of esters is 1. The maximum atomic E-state index is 12.0. The predicted molar refractivity (Wildman–Crippen MR) is 121 cm³/mol. The van der Waals surface area contributed by atoms with E-state index in [1.54, 1.807) is 18.7 Å². The maximum absolute atomic E-state index is 12.0. The van der Waals surface area contributed by atoms with Crippen LogP contribution in [0.1, 0.15) is 52.4 Å². The van der Waals surface area contributed by atoms with Gasteiger partial charge in [0, 0.05) is 31.8 Å². The molecule has 3 rings (SSSR count). The molecule has 9 nitrogen and oxygen atoms in total. The molecule has 1 saturated heterocycles. The van der Waals surface area contributed by atoms with Crippen LogP contribution < -0.4 is 10.2 Å². The third kappa shape index (κ3) is 6.56. The third-order valence-electron chi connectivity index (χ3n) is 5.05. The van der Waals surface area contributed by atoms with E-state index in [0.29, 0.717) is 19.7 Å². The summed E-state index contributed by atoms with van der Waals surface area (Å²) < 4.78 is 6.68. The molecule has 0 radical (unpaired) electrons. The van der Waals surface area contributed by atoms with Crippen molar-refractivity contribution in [1.82, 2.24) is 25.1 Å². The number of amides is 1. The van der Waals surface area contributed by atoms with Gasteiger partial charge in [-0.1, -0.05) is 18.7 Å². The highest BCUT2D eigenvalue weighted by Crippen LogP contribution is 2.29. The Hall–Kier alpha value is -2.36. The Morgan fingerprint density at radius 1 is 1.16 bits per heavy atom. The van der Waals surface area contributed by atoms with Crippen LogP contribution in [0.4, 0.5) is 5.82 Å². The van der Waals surface area contributed by atoms with Crippen molar-refractivity contribution < 1.29 is 14.3 Å². The van der Waals surface area contributed by atoms with Gasteiger partial charge in [-0.2, -0.15) is 5.10 Å². The van der Waals surface area contributed by atoms with Crippen molar-refractivity contribution >= 4 is 40.5 Å². The van der Waals surface area contributed by atoms with Gasteiger partial charge in [-0.3, -0.25) is 9.59 Å². The fourth-order valence-corrected chi connectivity index (χ4v) is 4.22. The van der Waals surface area contributed by atoms with Gasteiger partial charge < -0.3 is 15.0 Å². The van der Waals surface area contributed by atoms with Crippen LogP contribution in [-0.2, 0) is 20.9 Å². The molecule has 1 amide bonds. The van der Waals surface area contributed by atoms with E-state index in [2.05, 4.69) is 22.2 Å². The van der Waals surface area contributed by atoms with Crippen LogP contribution in [0.3, 0.4) is 0 Å². The molecule has 0 bridgehead atoms. The van der Waals surface area contributed by atoms with Crippen molar-refractivity contribution in [3.63, 3.8) is 0 Å². The molecule has 1 fully saturated rings. The van der Waals surface area contributed by atoms with Gasteiger partial charge in [0.25, 0.3) is 0 Å². The highest BCUT2D eigenvalue weighted by Gasteiger charge is 2.20. The standard InChI is InChI=1S/C21H32N6O3S/c1-3-14-31-21-24-19(26-11-6-5-7-12-26)16-15-23-27(20(16)25-21)13-10-22-17(28)8-9-18(29)30-4-2/h15H,3-14H2,1-2H3,(H,22,28). The lowest BCUT2D eigenvalue weighted by Gasteiger charge is -2.28. The number of thioether (sulfide) groups is 1. The van der Waals surface area contributed by atoms with E-state index in [1.165, 1.54) is 19.3 Å². The second kappa shape index (κ2) is 11.9. The molecule has 0 saturated carbocycles. The van der Waals surface area contributed by atoms with E-state index >= 15 is 0 Å². The summed E-state index contributed by atoms with van der Waals surface area (Å²) in [5, 5.41) is 9.09. The third-order valence-corrected chi connectivity index (χ3v) is 6.11. The molecule has 1 aliphatic heterocycles. The average Bonchev–Trinajstić information content (AvgIpc) is 3.19. The molecule has 1 N–H and O–H groups in total. The molecule has 0 aromatic carbocycles. The highest BCUT2D eigenvalue weighted by molar-refractivity contribution is 7.99. The van der Waals surface area contributed by atoms with Crippen LogP contribution in [-0.4, -0.2) is 63.6 Å². The number of carbonyl (C=O) groups is 2. The number of hydrogen-bond donors (Lipinski definition) is 1. The van der Waals surface area contributed by atoms with E-state index in [4.69, 9.17) is 14.7 Å². The first-order valence-electron chi connectivity index (χ1n) is 11.2. The first-order valence-corrected chi connectivity index (χ1v) is 12.1. The van der Waals surface area contributed by atoms with Crippen molar-refractivity contribution in [2.45, 2.75) is 64.1 Å². The Morgan fingerprint density at radius 3 is 2.71 bits per heavy atom. The first-order chi connectivity index (χ1) is 15.1. The van der Waals surface area contributed by atoms with Gasteiger partial charge in [-0.05, 0) is 32.6 Å². The molecule has 2 aromatic heterocycles. The number of fused-ring (bicyclic) bond motifs is 1. The van der Waals surface area contributed by atoms with Crippen molar-refractivity contribution in [2.75, 3.05) is 36.9 Å². The number of nitrogens with one attached hydrogen (secondary N) is 1. The summed E-state index contributed by atoms with van der Waals surface area (Å²) in [6.07, 6.45) is 6.71. The number of anilines is 1. The zero-order chi connectivity index (χ0) is 22.1. The molecule has 31 heavy (non-hydrogen) atoms. The van der Waals surface area contributed by atoms with Crippen LogP contribution in [0.2, 0.25) is 0 Å². The summed E-state index contributed by atoms with van der Waals surface area (Å²) in [5.41, 5.74) is 0.801. The number of carbonyl (C=O) groups excluding carboxylic acids is 2. The number of nitrogens with zero attached hydrogens (tertiary/aromatic N) is 5. The zero-order valence-electron chi connectivity index (χ0n) is 18.4. The van der Waals surface area contributed by atoms with Gasteiger partial charge in [-0.25, -0.2) is 14.6 Å². The molecule has 0 aliphatic carbocycles. The Morgan fingerprint density at radius 2 is 1.97 bits per heavy atom. The Labute approximate surface area is 187 Å². The van der Waals surface area contributed by atoms with E-state index < -0.39 is 0 Å². The van der Waals surface area contributed by atoms with Crippen LogP contribution in [0.15, 0.2) is 11.4 Å². The number of piperidine rings is 1. The predicted octanol–water partition coefficient (Wildman–Crippen LogP) is 2.78. The summed E-state index contributed by atoms with van der Waals surface area (Å²) in [4.78, 5) is 35.3. The molecule has 170 valence electrons. The quantitative estimate of drug-likeness (QED) is 0.318. The Kier molecular flexibility index (Phi) is 8.93. The molecular formula is C21H32N6O3S. The molecule has 3 heterocycles. The van der Waals surface area contributed by atoms with Crippen molar-refractivity contribution in [3.8, 4) is 0 Å². The first kappa shape index (κ1) is 23.3. The molecular weight excluding hydrogens is 416 g/mol. The molecule has 0 unspecified atom stereocenters. The van der Waals surface area contributed by atoms with Gasteiger partial charge in [0.05, 0.1) is 31.2 Å². The summed E-state index contributed by atoms with van der Waals surface area (Å²) in [6, 6.07) is 0. The van der Waals surface area contributed by atoms with E-state index in [1.807, 2.05) is 10.9 Å². The average molecular weight is 449 g/mol. The lowest BCUT2D eigenvalue weighted by molar-refractivity contribution is -0.144. The summed E-state index contributed by atoms with van der Waals surface area (Å²) in [6.45, 7) is 7.15. The SMILES string of the molecule is CCCSc1nc(N2CCCCC2)c2cnn(CCNC(=O)CCC(=O)OCC)c2n1. The minimum Gasteiger partial charge on any atom is -0.466 e. The maximum Gasteiger partial charge on any atom is 0.306 e. The van der Waals surface area contributed by atoms with Crippen molar-refractivity contribution in [3.05, 3.63) is 6.20 Å². The fourth-order valence-electron chi connectivity index (χ4n) is 3.53. The minimum atomic E-state index is -0.352. The summed E-state index contributed by atoms with van der Waals surface area (Å²) in [5.74, 6) is 1.41. The van der Waals surface area contributed by atoms with Crippen molar-refractivity contribution in [2.24, 2.45) is 0 Å². The number of rotatable bonds is 11. The summed E-state index contributed by atoms with van der Waals surface area (Å²) in [7, 11) is 0. The van der Waals surface area contributed by atoms with Crippen LogP contribution >= 0.6 is 11.8 Å². The largest absolute Gasteiger partial charge is 0.466 e. The van der Waals surface area contributed by atoms with Crippen molar-refractivity contribution in [1.29, 1.82) is 0 Å². The van der Waals surface area contributed by atoms with E-state index in [9.17, 15) is 9.59 Å². The lowest BCUT2D eigenvalue weighted by Crippen LogP contribution is -2.30. The van der Waals surface area contributed by atoms with Gasteiger partial charge >= 0.3 is 5.97 Å². The second-order valence-corrected chi connectivity index (χ2v) is 8.55. The number of aromatic nitrogens is 4. The Balaban J connectivity index is 1.67.